The van der Waals surface area contributed by atoms with E-state index in [0.29, 0.717) is 6.04 Å². The van der Waals surface area contributed by atoms with Crippen LogP contribution in [-0.4, -0.2) is 56.6 Å². The molecule has 2 N–H and O–H groups in total. The fourth-order valence-electron chi connectivity index (χ4n) is 1.61. The van der Waals surface area contributed by atoms with E-state index in [1.54, 1.807) is 0 Å². The third kappa shape index (κ3) is 8.48. The molecule has 3 nitrogen and oxygen atoms in total. The smallest absolute Gasteiger partial charge is 0.0167 e. The summed E-state index contributed by atoms with van der Waals surface area (Å²) in [5.41, 5.74) is 5.96. The van der Waals surface area contributed by atoms with E-state index >= 15 is 0 Å². The van der Waals surface area contributed by atoms with Crippen LogP contribution in [0.15, 0.2) is 0 Å². The number of likely N-dealkylation sites (N-methyl/N-ethyl adjacent to an activating group) is 1. The molecule has 0 aromatic rings. The van der Waals surface area contributed by atoms with E-state index in [1.807, 2.05) is 0 Å². The molecule has 1 unspecified atom stereocenters. The second kappa shape index (κ2) is 8.21. The van der Waals surface area contributed by atoms with Crippen molar-refractivity contribution >= 4 is 0 Å². The van der Waals surface area contributed by atoms with Crippen LogP contribution < -0.4 is 5.73 Å². The maximum absolute atomic E-state index is 5.96. The van der Waals surface area contributed by atoms with Crippen LogP contribution in [0.1, 0.15) is 26.2 Å². The highest BCUT2D eigenvalue weighted by molar-refractivity contribution is 4.65. The topological polar surface area (TPSA) is 32.5 Å². The van der Waals surface area contributed by atoms with Crippen LogP contribution in [0.3, 0.4) is 0 Å². The molecule has 3 heteroatoms. The van der Waals surface area contributed by atoms with E-state index in [9.17, 15) is 0 Å². The normalized spacial score (nSPS) is 13.9. The zero-order valence-corrected chi connectivity index (χ0v) is 10.3. The molecule has 0 spiro atoms. The summed E-state index contributed by atoms with van der Waals surface area (Å²) in [7, 11) is 6.39. The van der Waals surface area contributed by atoms with E-state index < -0.39 is 0 Å². The van der Waals surface area contributed by atoms with Crippen LogP contribution >= 0.6 is 0 Å². The molecule has 0 saturated heterocycles. The van der Waals surface area contributed by atoms with Gasteiger partial charge in [0.15, 0.2) is 0 Å². The first kappa shape index (κ1) is 13.9. The molecule has 0 aliphatic rings. The molecule has 0 radical (unpaired) electrons. The first-order chi connectivity index (χ1) is 6.56. The number of hydrogen-bond donors (Lipinski definition) is 1. The van der Waals surface area contributed by atoms with Gasteiger partial charge in [-0.3, -0.25) is 0 Å². The van der Waals surface area contributed by atoms with E-state index in [1.165, 1.54) is 12.8 Å². The zero-order valence-electron chi connectivity index (χ0n) is 10.3. The van der Waals surface area contributed by atoms with Crippen molar-refractivity contribution in [1.82, 2.24) is 9.80 Å². The third-order valence-electron chi connectivity index (χ3n) is 2.35. The van der Waals surface area contributed by atoms with Gasteiger partial charge in [0.2, 0.25) is 0 Å². The largest absolute Gasteiger partial charge is 0.327 e. The molecule has 0 fully saturated rings. The molecule has 14 heavy (non-hydrogen) atoms. The Morgan fingerprint density at radius 1 is 1.14 bits per heavy atom. The maximum atomic E-state index is 5.96. The predicted molar refractivity (Wildman–Crippen MR) is 63.6 cm³/mol. The van der Waals surface area contributed by atoms with E-state index in [4.69, 9.17) is 5.73 Å². The molecular formula is C11H27N3. The molecule has 0 rings (SSSR count). The molecule has 0 bridgehead atoms. The first-order valence-corrected chi connectivity index (χ1v) is 5.65. The Morgan fingerprint density at radius 2 is 1.79 bits per heavy atom. The summed E-state index contributed by atoms with van der Waals surface area (Å²) >= 11 is 0. The van der Waals surface area contributed by atoms with Crippen LogP contribution in [0.2, 0.25) is 0 Å². The van der Waals surface area contributed by atoms with Gasteiger partial charge in [-0.15, -0.1) is 0 Å². The SMILES string of the molecule is CCCC(N)CN(C)CCCN(C)C. The number of hydrogen-bond acceptors (Lipinski definition) is 3. The van der Waals surface area contributed by atoms with Gasteiger partial charge in [-0.1, -0.05) is 13.3 Å². The highest BCUT2D eigenvalue weighted by Gasteiger charge is 2.05. The minimum Gasteiger partial charge on any atom is -0.327 e. The monoisotopic (exact) mass is 201 g/mol. The Kier molecular flexibility index (Phi) is 8.14. The van der Waals surface area contributed by atoms with Crippen LogP contribution in [0, 0.1) is 0 Å². The third-order valence-corrected chi connectivity index (χ3v) is 2.35. The van der Waals surface area contributed by atoms with Crippen molar-refractivity contribution in [3.63, 3.8) is 0 Å². The number of nitrogens with two attached hydrogens (primary N) is 1. The first-order valence-electron chi connectivity index (χ1n) is 5.65. The molecule has 0 aliphatic carbocycles. The quantitative estimate of drug-likeness (QED) is 0.636. The van der Waals surface area contributed by atoms with E-state index in [-0.39, 0.29) is 0 Å². The van der Waals surface area contributed by atoms with Gasteiger partial charge >= 0.3 is 0 Å². The molecular weight excluding hydrogens is 174 g/mol. The lowest BCUT2D eigenvalue weighted by atomic mass is 10.2. The average Bonchev–Trinajstić information content (AvgIpc) is 2.03. The van der Waals surface area contributed by atoms with Crippen molar-refractivity contribution in [2.24, 2.45) is 5.73 Å². The number of rotatable bonds is 8. The maximum Gasteiger partial charge on any atom is 0.0167 e. The lowest BCUT2D eigenvalue weighted by molar-refractivity contribution is 0.280. The summed E-state index contributed by atoms with van der Waals surface area (Å²) in [6.45, 7) is 5.52. The van der Waals surface area contributed by atoms with Crippen molar-refractivity contribution in [1.29, 1.82) is 0 Å². The van der Waals surface area contributed by atoms with Gasteiger partial charge in [0.05, 0.1) is 0 Å². The molecule has 1 atom stereocenters. The molecule has 0 aliphatic heterocycles. The second-order valence-electron chi connectivity index (χ2n) is 4.47. The van der Waals surface area contributed by atoms with E-state index in [2.05, 4.69) is 37.9 Å². The number of nitrogens with zero attached hydrogens (tertiary/aromatic N) is 2. The van der Waals surface area contributed by atoms with Crippen molar-refractivity contribution in [3.8, 4) is 0 Å². The lowest BCUT2D eigenvalue weighted by Crippen LogP contribution is -2.36. The average molecular weight is 201 g/mol. The summed E-state index contributed by atoms with van der Waals surface area (Å²) in [5.74, 6) is 0. The van der Waals surface area contributed by atoms with Gasteiger partial charge in [0.25, 0.3) is 0 Å². The Labute approximate surface area is 89.2 Å². The van der Waals surface area contributed by atoms with Crippen LogP contribution in [0.25, 0.3) is 0 Å². The molecule has 0 aromatic heterocycles. The highest BCUT2D eigenvalue weighted by Crippen LogP contribution is 1.97. The fraction of sp³-hybridized carbons (Fsp3) is 1.00. The van der Waals surface area contributed by atoms with Crippen molar-refractivity contribution in [3.05, 3.63) is 0 Å². The van der Waals surface area contributed by atoms with Gasteiger partial charge < -0.3 is 15.5 Å². The van der Waals surface area contributed by atoms with Gasteiger partial charge in [-0.25, -0.2) is 0 Å². The molecule has 0 saturated carbocycles. The summed E-state index contributed by atoms with van der Waals surface area (Å²) in [6.07, 6.45) is 3.55. The Balaban J connectivity index is 3.39. The van der Waals surface area contributed by atoms with Crippen LogP contribution in [0.5, 0.6) is 0 Å². The predicted octanol–water partition coefficient (Wildman–Crippen LogP) is 0.997. The van der Waals surface area contributed by atoms with Gasteiger partial charge in [-0.2, -0.15) is 0 Å². The summed E-state index contributed by atoms with van der Waals surface area (Å²) in [6, 6.07) is 0.351. The van der Waals surface area contributed by atoms with Gasteiger partial charge in [0, 0.05) is 12.6 Å². The van der Waals surface area contributed by atoms with Crippen molar-refractivity contribution in [2.75, 3.05) is 40.8 Å². The Hall–Kier alpha value is -0.120. The van der Waals surface area contributed by atoms with Crippen LogP contribution in [-0.2, 0) is 0 Å². The summed E-state index contributed by atoms with van der Waals surface area (Å²) in [5, 5.41) is 0. The van der Waals surface area contributed by atoms with Crippen molar-refractivity contribution in [2.45, 2.75) is 32.2 Å². The molecule has 86 valence electrons. The minimum absolute atomic E-state index is 0.351. The molecule has 0 heterocycles. The minimum atomic E-state index is 0.351. The van der Waals surface area contributed by atoms with Crippen molar-refractivity contribution < 1.29 is 0 Å². The van der Waals surface area contributed by atoms with Gasteiger partial charge in [0.1, 0.15) is 0 Å². The van der Waals surface area contributed by atoms with E-state index in [0.717, 1.165) is 26.1 Å². The fourth-order valence-corrected chi connectivity index (χ4v) is 1.61. The zero-order chi connectivity index (χ0) is 11.0. The standard InChI is InChI=1S/C11H27N3/c1-5-7-11(12)10-14(4)9-6-8-13(2)3/h11H,5-10,12H2,1-4H3. The van der Waals surface area contributed by atoms with Gasteiger partial charge in [-0.05, 0) is 47.1 Å². The summed E-state index contributed by atoms with van der Waals surface area (Å²) < 4.78 is 0. The van der Waals surface area contributed by atoms with Crippen LogP contribution in [0.4, 0.5) is 0 Å². The summed E-state index contributed by atoms with van der Waals surface area (Å²) in [4.78, 5) is 4.56. The second-order valence-corrected chi connectivity index (χ2v) is 4.47. The highest BCUT2D eigenvalue weighted by atomic mass is 15.1. The molecule has 0 aromatic carbocycles. The Morgan fingerprint density at radius 3 is 2.29 bits per heavy atom. The lowest BCUT2D eigenvalue weighted by Gasteiger charge is -2.21. The molecule has 0 amide bonds. The Bertz CT molecular complexity index is 126.